The van der Waals surface area contributed by atoms with Gasteiger partial charge in [0, 0.05) is 7.11 Å². The van der Waals surface area contributed by atoms with E-state index < -0.39 is 12.9 Å². The molecule has 1 aliphatic rings. The Kier molecular flexibility index (Phi) is 1.87. The van der Waals surface area contributed by atoms with Crippen LogP contribution in [0.1, 0.15) is 0 Å². The van der Waals surface area contributed by atoms with Crippen LogP contribution in [0.25, 0.3) is 0 Å². The number of hydrogen-bond acceptors (Lipinski definition) is 3. The summed E-state index contributed by atoms with van der Waals surface area (Å²) in [5.74, 6) is 0. The van der Waals surface area contributed by atoms with Crippen LogP contribution in [0.5, 0.6) is 0 Å². The van der Waals surface area contributed by atoms with E-state index in [2.05, 4.69) is 9.47 Å². The number of hydrogen-bond donors (Lipinski definition) is 2. The van der Waals surface area contributed by atoms with E-state index in [0.717, 1.165) is 0 Å². The summed E-state index contributed by atoms with van der Waals surface area (Å²) in [6.45, 7) is 0.0440. The first-order chi connectivity index (χ1) is 4.52. The molecule has 10 heavy (non-hydrogen) atoms. The van der Waals surface area contributed by atoms with Gasteiger partial charge < -0.3 is 19.3 Å². The topological polar surface area (TPSA) is 79.3 Å². The van der Waals surface area contributed by atoms with Gasteiger partial charge in [-0.15, -0.1) is 0 Å². The van der Waals surface area contributed by atoms with Crippen molar-refractivity contribution in [2.75, 3.05) is 20.3 Å². The summed E-state index contributed by atoms with van der Waals surface area (Å²) >= 11 is 0. The van der Waals surface area contributed by atoms with Crippen molar-refractivity contribution in [1.29, 1.82) is 0 Å². The van der Waals surface area contributed by atoms with Crippen LogP contribution in [-0.4, -0.2) is 35.5 Å². The second-order valence-electron chi connectivity index (χ2n) is 2.21. The van der Waals surface area contributed by atoms with Gasteiger partial charge in [-0.2, -0.15) is 0 Å². The lowest BCUT2D eigenvalue weighted by Crippen LogP contribution is -2.18. The summed E-state index contributed by atoms with van der Waals surface area (Å²) in [6, 6.07) is 0. The average molecular weight is 168 g/mol. The Hall–Kier alpha value is 0.0700. The van der Waals surface area contributed by atoms with E-state index in [-0.39, 0.29) is 13.2 Å². The van der Waals surface area contributed by atoms with Gasteiger partial charge >= 0.3 is 7.60 Å². The molecule has 6 heteroatoms. The monoisotopic (exact) mass is 168 g/mol. The standard InChI is InChI=1S/C4H9O5P/c1-8-2-4(3-9-4)10(5,6)7/h2-3H2,1H3,(H2,5,6,7). The van der Waals surface area contributed by atoms with Gasteiger partial charge in [-0.3, -0.25) is 4.57 Å². The predicted octanol–water partition coefficient (Wildman–Crippen LogP) is -0.463. The Bertz CT molecular complexity index is 168. The minimum absolute atomic E-state index is 0.0444. The Morgan fingerprint density at radius 2 is 2.30 bits per heavy atom. The molecule has 1 fully saturated rings. The highest BCUT2D eigenvalue weighted by Crippen LogP contribution is 2.58. The third-order valence-corrected chi connectivity index (χ3v) is 2.83. The van der Waals surface area contributed by atoms with E-state index in [1.807, 2.05) is 0 Å². The van der Waals surface area contributed by atoms with Crippen LogP contribution in [0.3, 0.4) is 0 Å². The largest absolute Gasteiger partial charge is 0.381 e. The normalized spacial score (nSPS) is 32.3. The zero-order valence-corrected chi connectivity index (χ0v) is 6.38. The van der Waals surface area contributed by atoms with Crippen molar-refractivity contribution in [3.8, 4) is 0 Å². The molecule has 60 valence electrons. The van der Waals surface area contributed by atoms with Crippen LogP contribution in [0.15, 0.2) is 0 Å². The van der Waals surface area contributed by atoms with Gasteiger partial charge in [0.1, 0.15) is 0 Å². The molecule has 1 atom stereocenters. The summed E-state index contributed by atoms with van der Waals surface area (Å²) in [6.07, 6.45) is 0. The smallest absolute Gasteiger partial charge is 0.361 e. The molecule has 0 aromatic heterocycles. The SMILES string of the molecule is COCC1(P(=O)(O)O)CO1. The maximum Gasteiger partial charge on any atom is 0.361 e. The molecule has 2 N–H and O–H groups in total. The fourth-order valence-corrected chi connectivity index (χ4v) is 1.34. The predicted molar refractivity (Wildman–Crippen MR) is 32.6 cm³/mol. The summed E-state index contributed by atoms with van der Waals surface area (Å²) in [5.41, 5.74) is 0. The molecule has 0 aromatic rings. The van der Waals surface area contributed by atoms with Crippen molar-refractivity contribution in [3.63, 3.8) is 0 Å². The molecule has 0 amide bonds. The third-order valence-electron chi connectivity index (χ3n) is 1.38. The number of ether oxygens (including phenoxy) is 2. The Morgan fingerprint density at radius 1 is 1.80 bits per heavy atom. The Labute approximate surface area is 58.1 Å². The highest BCUT2D eigenvalue weighted by atomic mass is 31.2. The molecule has 0 aromatic carbocycles. The molecule has 1 rings (SSSR count). The van der Waals surface area contributed by atoms with Gasteiger partial charge in [0.25, 0.3) is 0 Å². The van der Waals surface area contributed by atoms with Crippen molar-refractivity contribution in [1.82, 2.24) is 0 Å². The first kappa shape index (κ1) is 8.17. The molecule has 0 bridgehead atoms. The molecule has 0 radical (unpaired) electrons. The van der Waals surface area contributed by atoms with Crippen LogP contribution < -0.4 is 0 Å². The number of rotatable bonds is 3. The van der Waals surface area contributed by atoms with E-state index in [1.54, 1.807) is 0 Å². The molecule has 1 saturated heterocycles. The van der Waals surface area contributed by atoms with Crippen molar-refractivity contribution >= 4 is 7.60 Å². The third kappa shape index (κ3) is 1.24. The maximum atomic E-state index is 10.6. The van der Waals surface area contributed by atoms with E-state index in [9.17, 15) is 4.57 Å². The van der Waals surface area contributed by atoms with Crippen molar-refractivity contribution in [2.45, 2.75) is 5.34 Å². The van der Waals surface area contributed by atoms with Crippen LogP contribution in [0.2, 0.25) is 0 Å². The minimum Gasteiger partial charge on any atom is -0.381 e. The van der Waals surface area contributed by atoms with E-state index in [0.29, 0.717) is 0 Å². The number of methoxy groups -OCH3 is 1. The fourth-order valence-electron chi connectivity index (χ4n) is 0.644. The van der Waals surface area contributed by atoms with E-state index in [1.165, 1.54) is 7.11 Å². The van der Waals surface area contributed by atoms with Gasteiger partial charge in [-0.1, -0.05) is 0 Å². The highest BCUT2D eigenvalue weighted by molar-refractivity contribution is 7.53. The lowest BCUT2D eigenvalue weighted by Gasteiger charge is -2.11. The fraction of sp³-hybridized carbons (Fsp3) is 1.00. The molecule has 1 aliphatic heterocycles. The van der Waals surface area contributed by atoms with Crippen LogP contribution in [0.4, 0.5) is 0 Å². The minimum atomic E-state index is -4.12. The van der Waals surface area contributed by atoms with Crippen molar-refractivity contribution in [3.05, 3.63) is 0 Å². The Balaban J connectivity index is 2.61. The van der Waals surface area contributed by atoms with E-state index >= 15 is 0 Å². The van der Waals surface area contributed by atoms with E-state index in [4.69, 9.17) is 9.79 Å². The average Bonchev–Trinajstić information content (AvgIpc) is 2.45. The lowest BCUT2D eigenvalue weighted by atomic mass is 10.5. The zero-order valence-electron chi connectivity index (χ0n) is 5.48. The van der Waals surface area contributed by atoms with Crippen LogP contribution >= 0.6 is 7.60 Å². The first-order valence-corrected chi connectivity index (χ1v) is 4.32. The van der Waals surface area contributed by atoms with Gasteiger partial charge in [-0.25, -0.2) is 0 Å². The second kappa shape index (κ2) is 2.29. The molecular weight excluding hydrogens is 159 g/mol. The summed E-state index contributed by atoms with van der Waals surface area (Å²) in [7, 11) is -2.75. The van der Waals surface area contributed by atoms with Crippen LogP contribution in [0, 0.1) is 0 Å². The van der Waals surface area contributed by atoms with Crippen molar-refractivity contribution in [2.24, 2.45) is 0 Å². The molecule has 1 heterocycles. The summed E-state index contributed by atoms with van der Waals surface area (Å²) in [4.78, 5) is 17.3. The first-order valence-electron chi connectivity index (χ1n) is 2.70. The van der Waals surface area contributed by atoms with Gasteiger partial charge in [0.05, 0.1) is 13.2 Å². The molecule has 5 nitrogen and oxygen atoms in total. The van der Waals surface area contributed by atoms with Crippen molar-refractivity contribution < 1.29 is 23.8 Å². The molecule has 0 aliphatic carbocycles. The number of epoxide rings is 1. The zero-order chi connectivity index (χ0) is 7.83. The van der Waals surface area contributed by atoms with Gasteiger partial charge in [0.2, 0.25) is 5.34 Å². The quantitative estimate of drug-likeness (QED) is 0.440. The van der Waals surface area contributed by atoms with Crippen LogP contribution in [-0.2, 0) is 14.0 Å². The lowest BCUT2D eigenvalue weighted by molar-refractivity contribution is 0.140. The maximum absolute atomic E-state index is 10.6. The van der Waals surface area contributed by atoms with Gasteiger partial charge in [-0.05, 0) is 0 Å². The molecule has 0 saturated carbocycles. The summed E-state index contributed by atoms with van der Waals surface area (Å²) < 4.78 is 19.8. The molecular formula is C4H9O5P. The summed E-state index contributed by atoms with van der Waals surface area (Å²) in [5, 5.41) is -1.32. The molecule has 1 unspecified atom stereocenters. The molecule has 0 spiro atoms. The van der Waals surface area contributed by atoms with Gasteiger partial charge in [0.15, 0.2) is 0 Å². The Morgan fingerprint density at radius 3 is 2.40 bits per heavy atom. The highest BCUT2D eigenvalue weighted by Gasteiger charge is 2.59. The second-order valence-corrected chi connectivity index (χ2v) is 4.11.